The summed E-state index contributed by atoms with van der Waals surface area (Å²) in [6.45, 7) is 8.38. The number of hydrogen-bond donors (Lipinski definition) is 3. The van der Waals surface area contributed by atoms with E-state index in [1.807, 2.05) is 0 Å². The molecule has 1 aromatic carbocycles. The Bertz CT molecular complexity index is 697. The topological polar surface area (TPSA) is 81.0 Å². The number of aromatic hydroxyl groups is 2. The predicted molar refractivity (Wildman–Crippen MR) is 91.3 cm³/mol. The molecule has 3 atom stereocenters. The molecule has 1 aromatic rings. The van der Waals surface area contributed by atoms with Gasteiger partial charge in [-0.15, -0.1) is 6.58 Å². The van der Waals surface area contributed by atoms with E-state index in [4.69, 9.17) is 0 Å². The SMILES string of the molecule is C=CCN1CC2(CC(=O)CC)c3c(ccc(O)c3O)CC1C2(C)O. The molecule has 1 fully saturated rings. The maximum Gasteiger partial charge on any atom is 0.161 e. The van der Waals surface area contributed by atoms with Gasteiger partial charge in [-0.05, 0) is 25.0 Å². The van der Waals surface area contributed by atoms with Crippen molar-refractivity contribution in [1.29, 1.82) is 0 Å². The van der Waals surface area contributed by atoms with Gasteiger partial charge in [-0.3, -0.25) is 9.69 Å². The molecule has 0 amide bonds. The first-order chi connectivity index (χ1) is 11.3. The summed E-state index contributed by atoms with van der Waals surface area (Å²) in [5, 5.41) is 32.0. The van der Waals surface area contributed by atoms with Crippen LogP contribution in [0.2, 0.25) is 0 Å². The van der Waals surface area contributed by atoms with Gasteiger partial charge in [0, 0.05) is 43.0 Å². The number of nitrogens with zero attached hydrogens (tertiary/aromatic N) is 1. The zero-order valence-electron chi connectivity index (χ0n) is 14.2. The Labute approximate surface area is 142 Å². The minimum Gasteiger partial charge on any atom is -0.504 e. The van der Waals surface area contributed by atoms with Gasteiger partial charge < -0.3 is 15.3 Å². The molecule has 1 aliphatic heterocycles. The van der Waals surface area contributed by atoms with E-state index in [2.05, 4.69) is 11.5 Å². The van der Waals surface area contributed by atoms with Crippen molar-refractivity contribution in [3.05, 3.63) is 35.9 Å². The van der Waals surface area contributed by atoms with Crippen LogP contribution in [0, 0.1) is 0 Å². The Morgan fingerprint density at radius 1 is 1.46 bits per heavy atom. The number of aliphatic hydroxyl groups is 1. The number of ketones is 1. The van der Waals surface area contributed by atoms with Crippen LogP contribution in [0.4, 0.5) is 0 Å². The van der Waals surface area contributed by atoms with Gasteiger partial charge in [0.15, 0.2) is 11.5 Å². The molecule has 3 unspecified atom stereocenters. The Kier molecular flexibility index (Phi) is 3.97. The van der Waals surface area contributed by atoms with Crippen LogP contribution in [-0.4, -0.2) is 50.7 Å². The van der Waals surface area contributed by atoms with Crippen molar-refractivity contribution in [1.82, 2.24) is 4.90 Å². The standard InChI is InChI=1S/C19H25NO4/c1-4-8-20-11-19(10-13(21)5-2)16-12(6-7-14(22)17(16)23)9-15(20)18(19,3)24/h4,6-7,15,22-24H,1,5,8-11H2,2-3H3. The fourth-order valence-electron chi connectivity index (χ4n) is 4.63. The molecule has 2 bridgehead atoms. The monoisotopic (exact) mass is 331 g/mol. The lowest BCUT2D eigenvalue weighted by Gasteiger charge is -2.46. The molecule has 5 nitrogen and oxygen atoms in total. The van der Waals surface area contributed by atoms with Gasteiger partial charge in [-0.1, -0.05) is 19.1 Å². The summed E-state index contributed by atoms with van der Waals surface area (Å²) in [7, 11) is 0. The number of hydrogen-bond acceptors (Lipinski definition) is 5. The van der Waals surface area contributed by atoms with Gasteiger partial charge in [0.25, 0.3) is 0 Å². The molecule has 5 heteroatoms. The molecule has 130 valence electrons. The zero-order valence-corrected chi connectivity index (χ0v) is 14.2. The Hall–Kier alpha value is -1.85. The first kappa shape index (κ1) is 17.0. The Morgan fingerprint density at radius 3 is 2.79 bits per heavy atom. The molecular weight excluding hydrogens is 306 g/mol. The number of phenols is 2. The van der Waals surface area contributed by atoms with E-state index in [-0.39, 0.29) is 29.7 Å². The summed E-state index contributed by atoms with van der Waals surface area (Å²) in [5.74, 6) is -0.394. The van der Waals surface area contributed by atoms with Gasteiger partial charge >= 0.3 is 0 Å². The average molecular weight is 331 g/mol. The lowest BCUT2D eigenvalue weighted by Crippen LogP contribution is -2.57. The van der Waals surface area contributed by atoms with E-state index in [0.29, 0.717) is 31.5 Å². The zero-order chi connectivity index (χ0) is 17.7. The average Bonchev–Trinajstić information content (AvgIpc) is 2.66. The molecule has 0 radical (unpaired) electrons. The van der Waals surface area contributed by atoms with Crippen molar-refractivity contribution in [2.75, 3.05) is 13.1 Å². The van der Waals surface area contributed by atoms with E-state index in [1.165, 1.54) is 6.07 Å². The van der Waals surface area contributed by atoms with Crippen molar-refractivity contribution in [3.63, 3.8) is 0 Å². The molecule has 1 aliphatic carbocycles. The van der Waals surface area contributed by atoms with Gasteiger partial charge in [0.05, 0.1) is 5.60 Å². The summed E-state index contributed by atoms with van der Waals surface area (Å²) < 4.78 is 0. The van der Waals surface area contributed by atoms with Crippen LogP contribution >= 0.6 is 0 Å². The first-order valence-corrected chi connectivity index (χ1v) is 8.41. The third-order valence-corrected chi connectivity index (χ3v) is 5.92. The molecule has 0 spiro atoms. The number of Topliss-reactive ketones (excluding diaryl/α,β-unsaturated/α-hetero) is 1. The highest BCUT2D eigenvalue weighted by Crippen LogP contribution is 2.57. The molecular formula is C19H25NO4. The molecule has 2 aliphatic rings. The van der Waals surface area contributed by atoms with Crippen LogP contribution in [0.15, 0.2) is 24.8 Å². The number of carbonyl (C=O) groups excluding carboxylic acids is 1. The predicted octanol–water partition coefficient (Wildman–Crippen LogP) is 1.88. The van der Waals surface area contributed by atoms with Gasteiger partial charge in [-0.2, -0.15) is 0 Å². The largest absolute Gasteiger partial charge is 0.504 e. The van der Waals surface area contributed by atoms with E-state index in [0.717, 1.165) is 5.56 Å². The van der Waals surface area contributed by atoms with Gasteiger partial charge in [0.1, 0.15) is 5.78 Å². The molecule has 1 heterocycles. The van der Waals surface area contributed by atoms with Crippen LogP contribution in [0.25, 0.3) is 0 Å². The van der Waals surface area contributed by atoms with Gasteiger partial charge in [-0.25, -0.2) is 0 Å². The number of likely N-dealkylation sites (tertiary alicyclic amines) is 1. The molecule has 24 heavy (non-hydrogen) atoms. The van der Waals surface area contributed by atoms with Crippen molar-refractivity contribution in [2.24, 2.45) is 0 Å². The minimum atomic E-state index is -1.18. The third kappa shape index (κ3) is 2.11. The highest BCUT2D eigenvalue weighted by Gasteiger charge is 2.65. The van der Waals surface area contributed by atoms with E-state index >= 15 is 0 Å². The number of phenolic OH excluding ortho intramolecular Hbond substituents is 2. The first-order valence-electron chi connectivity index (χ1n) is 8.41. The molecule has 3 N–H and O–H groups in total. The number of carbonyl (C=O) groups is 1. The van der Waals surface area contributed by atoms with E-state index in [1.54, 1.807) is 26.0 Å². The summed E-state index contributed by atoms with van der Waals surface area (Å²) in [6, 6.07) is 3.10. The molecule has 3 rings (SSSR count). The van der Waals surface area contributed by atoms with Crippen LogP contribution in [-0.2, 0) is 16.6 Å². The molecule has 0 aromatic heterocycles. The number of fused-ring (bicyclic) bond motifs is 4. The Morgan fingerprint density at radius 2 is 2.17 bits per heavy atom. The molecule has 0 saturated carbocycles. The second-order valence-electron chi connectivity index (χ2n) is 7.20. The maximum atomic E-state index is 12.3. The van der Waals surface area contributed by atoms with Crippen LogP contribution in [0.3, 0.4) is 0 Å². The quantitative estimate of drug-likeness (QED) is 0.567. The fraction of sp³-hybridized carbons (Fsp3) is 0.526. The van der Waals surface area contributed by atoms with E-state index < -0.39 is 11.0 Å². The smallest absolute Gasteiger partial charge is 0.161 e. The molecule has 1 saturated heterocycles. The van der Waals surface area contributed by atoms with E-state index in [9.17, 15) is 20.1 Å². The summed E-state index contributed by atoms with van der Waals surface area (Å²) in [4.78, 5) is 14.4. The highest BCUT2D eigenvalue weighted by atomic mass is 16.3. The minimum absolute atomic E-state index is 0.0325. The van der Waals surface area contributed by atoms with Gasteiger partial charge in [0.2, 0.25) is 0 Å². The highest BCUT2D eigenvalue weighted by molar-refractivity contribution is 5.81. The van der Waals surface area contributed by atoms with Crippen LogP contribution in [0.5, 0.6) is 11.5 Å². The van der Waals surface area contributed by atoms with Crippen molar-refractivity contribution in [3.8, 4) is 11.5 Å². The fourth-order valence-corrected chi connectivity index (χ4v) is 4.63. The summed E-state index contributed by atoms with van der Waals surface area (Å²) in [6.07, 6.45) is 2.86. The number of rotatable bonds is 5. The second kappa shape index (κ2) is 5.60. The lowest BCUT2D eigenvalue weighted by atomic mass is 9.59. The van der Waals surface area contributed by atoms with Crippen molar-refractivity contribution >= 4 is 5.78 Å². The van der Waals surface area contributed by atoms with Crippen molar-refractivity contribution < 1.29 is 20.1 Å². The maximum absolute atomic E-state index is 12.3. The summed E-state index contributed by atoms with van der Waals surface area (Å²) in [5.41, 5.74) is -0.696. The Balaban J connectivity index is 2.24. The lowest BCUT2D eigenvalue weighted by molar-refractivity contribution is -0.123. The van der Waals surface area contributed by atoms with Crippen molar-refractivity contribution in [2.45, 2.75) is 50.2 Å². The van der Waals surface area contributed by atoms with Crippen LogP contribution in [0.1, 0.15) is 37.8 Å². The third-order valence-electron chi connectivity index (χ3n) is 5.92. The summed E-state index contributed by atoms with van der Waals surface area (Å²) >= 11 is 0. The second-order valence-corrected chi connectivity index (χ2v) is 7.20. The normalized spacial score (nSPS) is 31.7. The number of benzene rings is 1. The van der Waals surface area contributed by atoms with Crippen LogP contribution < -0.4 is 0 Å².